The number of carbonyl (C=O) groups excluding carboxylic acids is 1. The second-order valence-electron chi connectivity index (χ2n) is 6.69. The summed E-state index contributed by atoms with van der Waals surface area (Å²) in [5.74, 6) is -0.262. The molecule has 31 heavy (non-hydrogen) atoms. The first-order valence-corrected chi connectivity index (χ1v) is 11.2. The van der Waals surface area contributed by atoms with E-state index in [4.69, 9.17) is 16.3 Å². The molecule has 0 saturated carbocycles. The monoisotopic (exact) mass is 456 g/mol. The van der Waals surface area contributed by atoms with Crippen molar-refractivity contribution < 1.29 is 17.9 Å². The van der Waals surface area contributed by atoms with Crippen molar-refractivity contribution >= 4 is 45.0 Å². The van der Waals surface area contributed by atoms with Crippen LogP contribution in [0.4, 0.5) is 11.4 Å². The number of methoxy groups -OCH3 is 1. The van der Waals surface area contributed by atoms with E-state index in [-0.39, 0.29) is 21.4 Å². The molecule has 0 spiro atoms. The van der Waals surface area contributed by atoms with Gasteiger partial charge >= 0.3 is 0 Å². The number of nitrogens with one attached hydrogen (secondary N) is 2. The predicted molar refractivity (Wildman–Crippen MR) is 124 cm³/mol. The number of hydrogen-bond acceptors (Lipinski definition) is 4. The Bertz CT molecular complexity index is 1240. The zero-order valence-corrected chi connectivity index (χ0v) is 18.5. The van der Waals surface area contributed by atoms with Crippen LogP contribution in [0.5, 0.6) is 5.75 Å². The minimum absolute atomic E-state index is 0.129. The van der Waals surface area contributed by atoms with Crippen LogP contribution in [0.2, 0.25) is 5.02 Å². The second-order valence-corrected chi connectivity index (χ2v) is 8.75. The first-order chi connectivity index (χ1) is 14.8. The largest absolute Gasteiger partial charge is 0.495 e. The van der Waals surface area contributed by atoms with Gasteiger partial charge in [0.05, 0.1) is 17.8 Å². The van der Waals surface area contributed by atoms with Gasteiger partial charge in [-0.2, -0.15) is 0 Å². The van der Waals surface area contributed by atoms with Crippen LogP contribution in [-0.2, 0) is 14.8 Å². The summed E-state index contributed by atoms with van der Waals surface area (Å²) in [7, 11) is -2.66. The first-order valence-electron chi connectivity index (χ1n) is 9.29. The van der Waals surface area contributed by atoms with Gasteiger partial charge in [-0.3, -0.25) is 9.52 Å². The van der Waals surface area contributed by atoms with Crippen LogP contribution >= 0.6 is 11.6 Å². The van der Waals surface area contributed by atoms with E-state index in [9.17, 15) is 13.2 Å². The molecular formula is C23H21ClN2O4S. The van der Waals surface area contributed by atoms with Gasteiger partial charge in [0, 0.05) is 11.8 Å². The maximum atomic E-state index is 12.9. The number of benzene rings is 3. The smallest absolute Gasteiger partial charge is 0.265 e. The van der Waals surface area contributed by atoms with E-state index < -0.39 is 15.9 Å². The van der Waals surface area contributed by atoms with Gasteiger partial charge < -0.3 is 10.1 Å². The van der Waals surface area contributed by atoms with Gasteiger partial charge in [-0.1, -0.05) is 53.6 Å². The lowest BCUT2D eigenvalue weighted by Gasteiger charge is -2.14. The molecule has 3 rings (SSSR count). The fourth-order valence-corrected chi connectivity index (χ4v) is 4.35. The maximum Gasteiger partial charge on any atom is 0.265 e. The molecule has 0 radical (unpaired) electrons. The van der Waals surface area contributed by atoms with Crippen LogP contribution in [-0.4, -0.2) is 21.4 Å². The summed E-state index contributed by atoms with van der Waals surface area (Å²) in [4.78, 5) is 12.2. The molecule has 3 aromatic carbocycles. The third-order valence-electron chi connectivity index (χ3n) is 4.31. The second kappa shape index (κ2) is 9.68. The summed E-state index contributed by atoms with van der Waals surface area (Å²) in [6.45, 7) is 1.97. The van der Waals surface area contributed by atoms with E-state index >= 15 is 0 Å². The van der Waals surface area contributed by atoms with E-state index in [1.165, 1.54) is 25.3 Å². The van der Waals surface area contributed by atoms with Gasteiger partial charge in [0.25, 0.3) is 10.0 Å². The molecule has 6 nitrogen and oxygen atoms in total. The lowest BCUT2D eigenvalue weighted by Crippen LogP contribution is -2.15. The van der Waals surface area contributed by atoms with Crippen molar-refractivity contribution in [3.63, 3.8) is 0 Å². The molecule has 8 heteroatoms. The molecule has 160 valence electrons. The molecule has 0 aliphatic rings. The van der Waals surface area contributed by atoms with E-state index in [0.717, 1.165) is 11.1 Å². The molecule has 0 atom stereocenters. The average molecular weight is 457 g/mol. The van der Waals surface area contributed by atoms with Gasteiger partial charge in [0.15, 0.2) is 0 Å². The molecule has 2 N–H and O–H groups in total. The lowest BCUT2D eigenvalue weighted by atomic mass is 10.1. The quantitative estimate of drug-likeness (QED) is 0.484. The van der Waals surface area contributed by atoms with Crippen molar-refractivity contribution in [2.45, 2.75) is 11.8 Å². The number of aryl methyl sites for hydroxylation is 1. The number of sulfonamides is 1. The van der Waals surface area contributed by atoms with Crippen LogP contribution in [0.1, 0.15) is 11.1 Å². The van der Waals surface area contributed by atoms with Crippen molar-refractivity contribution in [3.8, 4) is 5.75 Å². The highest BCUT2D eigenvalue weighted by Crippen LogP contribution is 2.30. The van der Waals surface area contributed by atoms with Crippen molar-refractivity contribution in [3.05, 3.63) is 89.0 Å². The standard InChI is InChI=1S/C23H21ClN2O4S/c1-16-6-5-7-17(14-16)10-13-23(27)25-18-11-12-21(30-2)22(15-18)31(28,29)26-20-9-4-3-8-19(20)24/h3-15,26H,1-2H3,(H,25,27)/b13-10+. The molecule has 0 bridgehead atoms. The van der Waals surface area contributed by atoms with Gasteiger partial charge in [-0.05, 0) is 48.9 Å². The minimum atomic E-state index is -4.03. The Kier molecular flexibility index (Phi) is 6.99. The third kappa shape index (κ3) is 5.87. The highest BCUT2D eigenvalue weighted by molar-refractivity contribution is 7.92. The highest BCUT2D eigenvalue weighted by atomic mass is 35.5. The summed E-state index contributed by atoms with van der Waals surface area (Å²) >= 11 is 6.06. The fraction of sp³-hybridized carbons (Fsp3) is 0.0870. The molecule has 0 aromatic heterocycles. The number of amides is 1. The molecule has 0 unspecified atom stereocenters. The Balaban J connectivity index is 1.83. The van der Waals surface area contributed by atoms with Gasteiger partial charge in [0.1, 0.15) is 10.6 Å². The number of ether oxygens (including phenoxy) is 1. The Morgan fingerprint density at radius 3 is 2.52 bits per heavy atom. The first kappa shape index (κ1) is 22.4. The zero-order chi connectivity index (χ0) is 22.4. The molecule has 3 aromatic rings. The Morgan fingerprint density at radius 1 is 1.03 bits per heavy atom. The summed E-state index contributed by atoms with van der Waals surface area (Å²) < 4.78 is 33.5. The summed E-state index contributed by atoms with van der Waals surface area (Å²) in [6, 6.07) is 18.6. The molecule has 0 aliphatic carbocycles. The van der Waals surface area contributed by atoms with Crippen molar-refractivity contribution in [2.24, 2.45) is 0 Å². The molecule has 0 saturated heterocycles. The van der Waals surface area contributed by atoms with Crippen LogP contribution < -0.4 is 14.8 Å². The molecule has 0 heterocycles. The number of para-hydroxylation sites is 1. The Labute approximate surface area is 186 Å². The summed E-state index contributed by atoms with van der Waals surface area (Å²) in [6.07, 6.45) is 3.07. The molecule has 0 fully saturated rings. The van der Waals surface area contributed by atoms with Crippen LogP contribution in [0.15, 0.2) is 77.7 Å². The third-order valence-corrected chi connectivity index (χ3v) is 6.02. The predicted octanol–water partition coefficient (Wildman–Crippen LogP) is 5.11. The molecule has 1 amide bonds. The van der Waals surface area contributed by atoms with E-state index in [1.54, 1.807) is 36.4 Å². The summed E-state index contributed by atoms with van der Waals surface area (Å²) in [5.41, 5.74) is 2.51. The van der Waals surface area contributed by atoms with E-state index in [1.807, 2.05) is 31.2 Å². The van der Waals surface area contributed by atoms with Crippen LogP contribution in [0.25, 0.3) is 6.08 Å². The lowest BCUT2D eigenvalue weighted by molar-refractivity contribution is -0.111. The molecule has 0 aliphatic heterocycles. The average Bonchev–Trinajstić information content (AvgIpc) is 2.74. The highest BCUT2D eigenvalue weighted by Gasteiger charge is 2.21. The van der Waals surface area contributed by atoms with Crippen LogP contribution in [0, 0.1) is 6.92 Å². The zero-order valence-electron chi connectivity index (χ0n) is 16.9. The van der Waals surface area contributed by atoms with Crippen LogP contribution in [0.3, 0.4) is 0 Å². The Morgan fingerprint density at radius 2 is 1.81 bits per heavy atom. The van der Waals surface area contributed by atoms with Crippen molar-refractivity contribution in [1.82, 2.24) is 0 Å². The normalized spacial score (nSPS) is 11.3. The minimum Gasteiger partial charge on any atom is -0.495 e. The van der Waals surface area contributed by atoms with Gasteiger partial charge in [-0.25, -0.2) is 8.42 Å². The number of rotatable bonds is 7. The Hall–Kier alpha value is -3.29. The van der Waals surface area contributed by atoms with E-state index in [2.05, 4.69) is 10.0 Å². The number of carbonyl (C=O) groups is 1. The van der Waals surface area contributed by atoms with E-state index in [0.29, 0.717) is 5.69 Å². The fourth-order valence-electron chi connectivity index (χ4n) is 2.84. The van der Waals surface area contributed by atoms with Gasteiger partial charge in [0.2, 0.25) is 5.91 Å². The van der Waals surface area contributed by atoms with Crippen molar-refractivity contribution in [1.29, 1.82) is 0 Å². The topological polar surface area (TPSA) is 84.5 Å². The number of hydrogen-bond donors (Lipinski definition) is 2. The number of halogens is 1. The summed E-state index contributed by atoms with van der Waals surface area (Å²) in [5, 5.41) is 2.93. The maximum absolute atomic E-state index is 12.9. The van der Waals surface area contributed by atoms with Gasteiger partial charge in [-0.15, -0.1) is 0 Å². The molecular weight excluding hydrogens is 436 g/mol. The van der Waals surface area contributed by atoms with Crippen molar-refractivity contribution in [2.75, 3.05) is 17.1 Å². The SMILES string of the molecule is COc1ccc(NC(=O)/C=C/c2cccc(C)c2)cc1S(=O)(=O)Nc1ccccc1Cl. The number of anilines is 2.